The molecule has 0 aliphatic heterocycles. The van der Waals surface area contributed by atoms with E-state index >= 15 is 0 Å². The van der Waals surface area contributed by atoms with Crippen molar-refractivity contribution in [2.75, 3.05) is 0 Å². The van der Waals surface area contributed by atoms with Crippen LogP contribution in [-0.4, -0.2) is 9.97 Å². The van der Waals surface area contributed by atoms with Gasteiger partial charge in [-0.2, -0.15) is 0 Å². The Morgan fingerprint density at radius 3 is 2.47 bits per heavy atom. The van der Waals surface area contributed by atoms with E-state index in [-0.39, 0.29) is 0 Å². The van der Waals surface area contributed by atoms with E-state index in [0.29, 0.717) is 0 Å². The van der Waals surface area contributed by atoms with Gasteiger partial charge in [-0.05, 0) is 62.4 Å². The minimum absolute atomic E-state index is 0.991. The molecule has 0 amide bonds. The van der Waals surface area contributed by atoms with Gasteiger partial charge in [-0.3, -0.25) is 9.97 Å². The zero-order valence-corrected chi connectivity index (χ0v) is 10.7. The van der Waals surface area contributed by atoms with Gasteiger partial charge in [0, 0.05) is 23.8 Å². The van der Waals surface area contributed by atoms with E-state index in [2.05, 4.69) is 42.0 Å². The lowest BCUT2D eigenvalue weighted by molar-refractivity contribution is 0.896. The predicted octanol–water partition coefficient (Wildman–Crippen LogP) is 3.19. The molecular formula is C15H18N2. The van der Waals surface area contributed by atoms with Crippen molar-refractivity contribution in [2.45, 2.75) is 33.6 Å². The highest BCUT2D eigenvalue weighted by Crippen LogP contribution is 2.11. The second kappa shape index (κ2) is 5.09. The summed E-state index contributed by atoms with van der Waals surface area (Å²) >= 11 is 0. The Labute approximate surface area is 103 Å². The van der Waals surface area contributed by atoms with Crippen molar-refractivity contribution in [3.05, 3.63) is 58.7 Å². The van der Waals surface area contributed by atoms with Crippen LogP contribution >= 0.6 is 0 Å². The van der Waals surface area contributed by atoms with Crippen LogP contribution < -0.4 is 0 Å². The third kappa shape index (κ3) is 3.13. The molecule has 2 nitrogen and oxygen atoms in total. The van der Waals surface area contributed by atoms with E-state index in [1.54, 1.807) is 0 Å². The zero-order valence-electron chi connectivity index (χ0n) is 10.7. The summed E-state index contributed by atoms with van der Waals surface area (Å²) in [4.78, 5) is 8.72. The van der Waals surface area contributed by atoms with Crippen molar-refractivity contribution in [3.8, 4) is 0 Å². The molecule has 0 saturated carbocycles. The van der Waals surface area contributed by atoms with Crippen molar-refractivity contribution >= 4 is 0 Å². The first kappa shape index (κ1) is 11.8. The molecule has 2 aromatic rings. The Kier molecular flexibility index (Phi) is 3.52. The van der Waals surface area contributed by atoms with Gasteiger partial charge in [0.15, 0.2) is 0 Å². The minimum atomic E-state index is 0.991. The Hall–Kier alpha value is -1.70. The molecule has 0 aromatic carbocycles. The summed E-state index contributed by atoms with van der Waals surface area (Å²) in [6, 6.07) is 6.40. The van der Waals surface area contributed by atoms with Gasteiger partial charge in [-0.25, -0.2) is 0 Å². The smallest absolute Gasteiger partial charge is 0.0407 e. The van der Waals surface area contributed by atoms with Gasteiger partial charge in [-0.1, -0.05) is 6.07 Å². The summed E-state index contributed by atoms with van der Waals surface area (Å²) in [6.45, 7) is 6.21. The molecule has 0 aliphatic carbocycles. The lowest BCUT2D eigenvalue weighted by Gasteiger charge is -2.06. The first-order chi connectivity index (χ1) is 8.15. The molecule has 17 heavy (non-hydrogen) atoms. The maximum Gasteiger partial charge on any atom is 0.0407 e. The molecule has 0 bridgehead atoms. The first-order valence-corrected chi connectivity index (χ1v) is 5.99. The van der Waals surface area contributed by atoms with Gasteiger partial charge in [0.05, 0.1) is 0 Å². The minimum Gasteiger partial charge on any atom is -0.261 e. The summed E-state index contributed by atoms with van der Waals surface area (Å²) in [7, 11) is 0. The SMILES string of the molecule is Cc1ccc(CCc2cc(C)ncc2C)nc1. The molecule has 2 heteroatoms. The highest BCUT2D eigenvalue weighted by atomic mass is 14.7. The van der Waals surface area contributed by atoms with Gasteiger partial charge in [0.2, 0.25) is 0 Å². The molecule has 0 atom stereocenters. The number of nitrogens with zero attached hydrogens (tertiary/aromatic N) is 2. The van der Waals surface area contributed by atoms with Gasteiger partial charge in [0.25, 0.3) is 0 Å². The highest BCUT2D eigenvalue weighted by molar-refractivity contribution is 5.26. The van der Waals surface area contributed by atoms with Crippen LogP contribution in [0.1, 0.15) is 28.1 Å². The molecular weight excluding hydrogens is 208 g/mol. The van der Waals surface area contributed by atoms with Gasteiger partial charge < -0.3 is 0 Å². The number of aryl methyl sites for hydroxylation is 5. The molecule has 2 aromatic heterocycles. The normalized spacial score (nSPS) is 10.5. The molecule has 88 valence electrons. The fourth-order valence-corrected chi connectivity index (χ4v) is 1.86. The number of pyridine rings is 2. The van der Waals surface area contributed by atoms with E-state index in [1.165, 1.54) is 16.7 Å². The summed E-state index contributed by atoms with van der Waals surface area (Å²) < 4.78 is 0. The Morgan fingerprint density at radius 2 is 1.76 bits per heavy atom. The van der Waals surface area contributed by atoms with Gasteiger partial charge >= 0.3 is 0 Å². The molecule has 0 radical (unpaired) electrons. The third-order valence-electron chi connectivity index (χ3n) is 2.97. The molecule has 0 unspecified atom stereocenters. The number of aromatic nitrogens is 2. The second-order valence-electron chi connectivity index (χ2n) is 4.58. The average Bonchev–Trinajstić information content (AvgIpc) is 2.32. The number of hydrogen-bond acceptors (Lipinski definition) is 2. The number of rotatable bonds is 3. The standard InChI is InChI=1S/C15H18N2/c1-11-4-6-15(17-9-11)7-5-14-8-13(3)16-10-12(14)2/h4,6,8-10H,5,7H2,1-3H3. The van der Waals surface area contributed by atoms with Crippen molar-refractivity contribution in [3.63, 3.8) is 0 Å². The fourth-order valence-electron chi connectivity index (χ4n) is 1.86. The molecule has 0 aliphatic rings. The van der Waals surface area contributed by atoms with Crippen LogP contribution in [0, 0.1) is 20.8 Å². The van der Waals surface area contributed by atoms with E-state index in [4.69, 9.17) is 0 Å². The Morgan fingerprint density at radius 1 is 0.941 bits per heavy atom. The molecule has 0 fully saturated rings. The lowest BCUT2D eigenvalue weighted by Crippen LogP contribution is -1.98. The topological polar surface area (TPSA) is 25.8 Å². The van der Waals surface area contributed by atoms with Crippen molar-refractivity contribution < 1.29 is 0 Å². The molecule has 0 saturated heterocycles. The molecule has 2 heterocycles. The van der Waals surface area contributed by atoms with Crippen LogP contribution in [0.4, 0.5) is 0 Å². The second-order valence-corrected chi connectivity index (χ2v) is 4.58. The van der Waals surface area contributed by atoms with Gasteiger partial charge in [-0.15, -0.1) is 0 Å². The summed E-state index contributed by atoms with van der Waals surface area (Å²) in [5, 5.41) is 0. The van der Waals surface area contributed by atoms with Crippen molar-refractivity contribution in [1.29, 1.82) is 0 Å². The fraction of sp³-hybridized carbons (Fsp3) is 0.333. The van der Waals surface area contributed by atoms with Crippen LogP contribution in [0.5, 0.6) is 0 Å². The Bertz CT molecular complexity index is 501. The zero-order chi connectivity index (χ0) is 12.3. The van der Waals surface area contributed by atoms with Crippen molar-refractivity contribution in [2.24, 2.45) is 0 Å². The molecule has 0 spiro atoms. The van der Waals surface area contributed by atoms with Crippen LogP contribution in [-0.2, 0) is 12.8 Å². The number of hydrogen-bond donors (Lipinski definition) is 0. The third-order valence-corrected chi connectivity index (χ3v) is 2.97. The average molecular weight is 226 g/mol. The summed E-state index contributed by atoms with van der Waals surface area (Å²) in [5.74, 6) is 0. The molecule has 2 rings (SSSR count). The predicted molar refractivity (Wildman–Crippen MR) is 70.1 cm³/mol. The quantitative estimate of drug-likeness (QED) is 0.803. The van der Waals surface area contributed by atoms with Crippen LogP contribution in [0.3, 0.4) is 0 Å². The van der Waals surface area contributed by atoms with E-state index in [1.807, 2.05) is 19.3 Å². The maximum absolute atomic E-state index is 4.43. The molecule has 0 N–H and O–H groups in total. The Balaban J connectivity index is 2.07. The van der Waals surface area contributed by atoms with E-state index in [9.17, 15) is 0 Å². The van der Waals surface area contributed by atoms with Crippen molar-refractivity contribution in [1.82, 2.24) is 9.97 Å². The van der Waals surface area contributed by atoms with Gasteiger partial charge in [0.1, 0.15) is 0 Å². The largest absolute Gasteiger partial charge is 0.261 e. The maximum atomic E-state index is 4.43. The van der Waals surface area contributed by atoms with E-state index in [0.717, 1.165) is 24.2 Å². The summed E-state index contributed by atoms with van der Waals surface area (Å²) in [5.41, 5.74) is 6.10. The highest BCUT2D eigenvalue weighted by Gasteiger charge is 2.01. The monoisotopic (exact) mass is 226 g/mol. The first-order valence-electron chi connectivity index (χ1n) is 5.99. The van der Waals surface area contributed by atoms with Crippen LogP contribution in [0.2, 0.25) is 0 Å². The lowest BCUT2D eigenvalue weighted by atomic mass is 10.0. The summed E-state index contributed by atoms with van der Waals surface area (Å²) in [6.07, 6.45) is 5.91. The van der Waals surface area contributed by atoms with E-state index < -0.39 is 0 Å². The van der Waals surface area contributed by atoms with Crippen LogP contribution in [0.15, 0.2) is 30.6 Å². The van der Waals surface area contributed by atoms with Crippen LogP contribution in [0.25, 0.3) is 0 Å².